The molecule has 2 saturated heterocycles. The molecule has 1 N–H and O–H groups in total. The summed E-state index contributed by atoms with van der Waals surface area (Å²) < 4.78 is 5.90. The lowest BCUT2D eigenvalue weighted by atomic mass is 10.0. The maximum Gasteiger partial charge on any atom is 0.252 e. The van der Waals surface area contributed by atoms with Crippen molar-refractivity contribution in [2.45, 2.75) is 44.4 Å². The Labute approximate surface area is 148 Å². The Bertz CT molecular complexity index is 541. The Morgan fingerprint density at radius 1 is 1.39 bits per heavy atom. The summed E-state index contributed by atoms with van der Waals surface area (Å²) in [6.07, 6.45) is 2.73. The van der Waals surface area contributed by atoms with Crippen molar-refractivity contribution in [1.29, 1.82) is 0 Å². The molecule has 0 saturated carbocycles. The van der Waals surface area contributed by atoms with Crippen LogP contribution in [0.25, 0.3) is 0 Å². The largest absolute Gasteiger partial charge is 0.365 e. The van der Waals surface area contributed by atoms with Crippen molar-refractivity contribution in [2.24, 2.45) is 0 Å². The van der Waals surface area contributed by atoms with Crippen molar-refractivity contribution in [1.82, 2.24) is 10.2 Å². The van der Waals surface area contributed by atoms with Gasteiger partial charge in [-0.2, -0.15) is 0 Å². The molecule has 1 aromatic rings. The summed E-state index contributed by atoms with van der Waals surface area (Å²) in [6.45, 7) is 4.36. The number of ether oxygens (including phenoxy) is 1. The number of benzene rings is 1. The van der Waals surface area contributed by atoms with E-state index in [1.807, 2.05) is 29.2 Å². The number of hydrogen-bond acceptors (Lipinski definition) is 3. The van der Waals surface area contributed by atoms with Gasteiger partial charge in [0.15, 0.2) is 0 Å². The average molecular weight is 359 g/mol. The summed E-state index contributed by atoms with van der Waals surface area (Å²) in [5, 5.41) is 4.08. The molecule has 2 fully saturated rings. The van der Waals surface area contributed by atoms with Crippen LogP contribution in [0.15, 0.2) is 24.3 Å². The minimum absolute atomic E-state index is 0. The first-order chi connectivity index (χ1) is 10.7. The van der Waals surface area contributed by atoms with E-state index in [2.05, 4.69) is 12.2 Å². The lowest BCUT2D eigenvalue weighted by Gasteiger charge is -2.38. The van der Waals surface area contributed by atoms with Crippen molar-refractivity contribution in [2.75, 3.05) is 19.6 Å². The van der Waals surface area contributed by atoms with E-state index in [9.17, 15) is 4.79 Å². The Kier molecular flexibility index (Phi) is 6.72. The van der Waals surface area contributed by atoms with Gasteiger partial charge in [-0.15, -0.1) is 12.4 Å². The molecule has 2 aliphatic rings. The highest BCUT2D eigenvalue weighted by Gasteiger charge is 2.37. The predicted molar refractivity (Wildman–Crippen MR) is 94.2 cm³/mol. The van der Waals surface area contributed by atoms with E-state index in [0.29, 0.717) is 11.6 Å². The highest BCUT2D eigenvalue weighted by molar-refractivity contribution is 6.31. The molecule has 3 rings (SSSR count). The second kappa shape index (κ2) is 8.34. The molecular formula is C17H24Cl2N2O2. The highest BCUT2D eigenvalue weighted by Crippen LogP contribution is 2.31. The zero-order valence-corrected chi connectivity index (χ0v) is 14.9. The summed E-state index contributed by atoms with van der Waals surface area (Å²) in [7, 11) is 0. The fraction of sp³-hybridized carbons (Fsp3) is 0.588. The van der Waals surface area contributed by atoms with E-state index in [1.165, 1.54) is 0 Å². The molecule has 3 unspecified atom stereocenters. The number of amides is 1. The van der Waals surface area contributed by atoms with E-state index >= 15 is 0 Å². The van der Waals surface area contributed by atoms with E-state index in [0.717, 1.165) is 37.9 Å². The molecule has 1 amide bonds. The highest BCUT2D eigenvalue weighted by atomic mass is 35.5. The van der Waals surface area contributed by atoms with Crippen molar-refractivity contribution >= 4 is 29.9 Å². The van der Waals surface area contributed by atoms with Gasteiger partial charge in [-0.25, -0.2) is 0 Å². The quantitative estimate of drug-likeness (QED) is 0.901. The zero-order chi connectivity index (χ0) is 15.5. The van der Waals surface area contributed by atoms with Gasteiger partial charge in [0.25, 0.3) is 5.91 Å². The van der Waals surface area contributed by atoms with E-state index < -0.39 is 0 Å². The Morgan fingerprint density at radius 2 is 2.17 bits per heavy atom. The minimum Gasteiger partial charge on any atom is -0.365 e. The number of carbonyl (C=O) groups excluding carboxylic acids is 1. The first-order valence-corrected chi connectivity index (χ1v) is 8.49. The minimum atomic E-state index is -0.284. The van der Waals surface area contributed by atoms with Gasteiger partial charge >= 0.3 is 0 Å². The van der Waals surface area contributed by atoms with Crippen molar-refractivity contribution in [3.63, 3.8) is 0 Å². The summed E-state index contributed by atoms with van der Waals surface area (Å²) in [5.74, 6) is 0.113. The second-order valence-corrected chi connectivity index (χ2v) is 6.41. The van der Waals surface area contributed by atoms with Gasteiger partial charge in [0.2, 0.25) is 0 Å². The Morgan fingerprint density at radius 3 is 2.87 bits per heavy atom. The number of hydrogen-bond donors (Lipinski definition) is 1. The lowest BCUT2D eigenvalue weighted by molar-refractivity contribution is -0.146. The lowest BCUT2D eigenvalue weighted by Crippen LogP contribution is -2.51. The molecule has 0 aliphatic carbocycles. The van der Waals surface area contributed by atoms with Gasteiger partial charge in [-0.3, -0.25) is 4.79 Å². The summed E-state index contributed by atoms with van der Waals surface area (Å²) >= 11 is 6.34. The van der Waals surface area contributed by atoms with E-state index in [-0.39, 0.29) is 36.6 Å². The standard InChI is InChI=1S/C17H23ClN2O2.ClH/c1-2-12-7-8-16(22-12)17(21)20-10-9-19-11-15(20)13-5-3-4-6-14(13)18;/h3-6,12,15-16,19H,2,7-11H2,1H3;1H. The monoisotopic (exact) mass is 358 g/mol. The number of halogens is 2. The Balaban J connectivity index is 0.00000192. The van der Waals surface area contributed by atoms with Crippen LogP contribution in [0.2, 0.25) is 5.02 Å². The number of carbonyl (C=O) groups is 1. The molecule has 2 heterocycles. The smallest absolute Gasteiger partial charge is 0.252 e. The average Bonchev–Trinajstić information content (AvgIpc) is 3.04. The number of nitrogens with zero attached hydrogens (tertiary/aromatic N) is 1. The molecule has 0 bridgehead atoms. The van der Waals surface area contributed by atoms with Gasteiger partial charge in [-0.05, 0) is 30.9 Å². The van der Waals surface area contributed by atoms with Gasteiger partial charge in [-0.1, -0.05) is 36.7 Å². The fourth-order valence-corrected chi connectivity index (χ4v) is 3.63. The van der Waals surface area contributed by atoms with E-state index in [1.54, 1.807) is 0 Å². The van der Waals surface area contributed by atoms with E-state index in [4.69, 9.17) is 16.3 Å². The van der Waals surface area contributed by atoms with Crippen LogP contribution in [0.5, 0.6) is 0 Å². The molecule has 0 spiro atoms. The fourth-order valence-electron chi connectivity index (χ4n) is 3.36. The van der Waals surface area contributed by atoms with Gasteiger partial charge in [0, 0.05) is 24.7 Å². The van der Waals surface area contributed by atoms with Crippen LogP contribution in [0.3, 0.4) is 0 Å². The van der Waals surface area contributed by atoms with Crippen LogP contribution in [-0.2, 0) is 9.53 Å². The van der Waals surface area contributed by atoms with Gasteiger partial charge in [0.1, 0.15) is 6.10 Å². The molecule has 2 aliphatic heterocycles. The number of rotatable bonds is 3. The molecule has 4 nitrogen and oxygen atoms in total. The third-order valence-corrected chi connectivity index (χ3v) is 4.97. The van der Waals surface area contributed by atoms with Crippen molar-refractivity contribution in [3.8, 4) is 0 Å². The van der Waals surface area contributed by atoms with Gasteiger partial charge < -0.3 is 15.0 Å². The first-order valence-electron chi connectivity index (χ1n) is 8.11. The molecule has 128 valence electrons. The molecular weight excluding hydrogens is 335 g/mol. The second-order valence-electron chi connectivity index (χ2n) is 6.01. The molecule has 3 atom stereocenters. The third kappa shape index (κ3) is 4.00. The normalized spacial score (nSPS) is 27.6. The molecule has 0 radical (unpaired) electrons. The maximum absolute atomic E-state index is 12.9. The van der Waals surface area contributed by atoms with Crippen LogP contribution in [-0.4, -0.2) is 42.6 Å². The van der Waals surface area contributed by atoms with Crippen molar-refractivity contribution < 1.29 is 9.53 Å². The first kappa shape index (κ1) is 18.5. The molecule has 6 heteroatoms. The number of nitrogens with one attached hydrogen (secondary N) is 1. The summed E-state index contributed by atoms with van der Waals surface area (Å²) in [4.78, 5) is 14.8. The third-order valence-electron chi connectivity index (χ3n) is 4.63. The van der Waals surface area contributed by atoms with Crippen molar-refractivity contribution in [3.05, 3.63) is 34.9 Å². The number of piperazine rings is 1. The summed E-state index contributed by atoms with van der Waals surface area (Å²) in [5.41, 5.74) is 1.01. The Hall–Kier alpha value is -0.810. The van der Waals surface area contributed by atoms with Gasteiger partial charge in [0.05, 0.1) is 12.1 Å². The molecule has 1 aromatic carbocycles. The van der Waals surface area contributed by atoms with Crippen LogP contribution in [0, 0.1) is 0 Å². The summed E-state index contributed by atoms with van der Waals surface area (Å²) in [6, 6.07) is 7.76. The van der Waals surface area contributed by atoms with Crippen LogP contribution < -0.4 is 5.32 Å². The van der Waals surface area contributed by atoms with Crippen LogP contribution in [0.4, 0.5) is 0 Å². The predicted octanol–water partition coefficient (Wildman–Crippen LogP) is 3.19. The molecule has 0 aromatic heterocycles. The van der Waals surface area contributed by atoms with Crippen LogP contribution >= 0.6 is 24.0 Å². The van der Waals surface area contributed by atoms with Crippen LogP contribution in [0.1, 0.15) is 37.8 Å². The zero-order valence-electron chi connectivity index (χ0n) is 13.3. The molecule has 23 heavy (non-hydrogen) atoms. The topological polar surface area (TPSA) is 41.6 Å². The SMILES string of the molecule is CCC1CCC(C(=O)N2CCNCC2c2ccccc2Cl)O1.Cl. The maximum atomic E-state index is 12.9.